The number of carbonyl (C=O) groups excluding carboxylic acids is 1. The van der Waals surface area contributed by atoms with E-state index < -0.39 is 23.6 Å². The Balaban J connectivity index is 1.27. The number of aliphatic hydroxyl groups is 1. The Hall–Kier alpha value is -2.78. The maximum absolute atomic E-state index is 12.5. The molecule has 0 aliphatic heterocycles. The molecule has 2 aromatic heterocycles. The predicted octanol–water partition coefficient (Wildman–Crippen LogP) is 3.91. The topological polar surface area (TPSA) is 75.9 Å². The first-order valence-electron chi connectivity index (χ1n) is 9.64. The van der Waals surface area contributed by atoms with E-state index in [9.17, 15) is 23.1 Å². The summed E-state index contributed by atoms with van der Waals surface area (Å²) in [5, 5.41) is 14.6. The normalized spacial score (nSPS) is 27.2. The number of amides is 1. The van der Waals surface area contributed by atoms with Gasteiger partial charge >= 0.3 is 6.36 Å². The number of hydrogen-bond acceptors (Lipinski definition) is 4. The van der Waals surface area contributed by atoms with E-state index >= 15 is 0 Å². The van der Waals surface area contributed by atoms with Crippen molar-refractivity contribution in [1.29, 1.82) is 0 Å². The molecule has 3 aromatic rings. The number of imidazole rings is 1. The Morgan fingerprint density at radius 2 is 2.03 bits per heavy atom. The number of rotatable bonds is 4. The molecule has 1 aromatic carbocycles. The fourth-order valence-electron chi connectivity index (χ4n) is 4.74. The summed E-state index contributed by atoms with van der Waals surface area (Å²) in [5.41, 5.74) is 0.475. The molecule has 2 atom stereocenters. The molecule has 2 heterocycles. The third kappa shape index (κ3) is 3.72. The second kappa shape index (κ2) is 6.86. The van der Waals surface area contributed by atoms with Gasteiger partial charge in [0.15, 0.2) is 0 Å². The first kappa shape index (κ1) is 20.1. The predicted molar refractivity (Wildman–Crippen MR) is 105 cm³/mol. The number of fused-ring (bicyclic) bond motifs is 2. The summed E-state index contributed by atoms with van der Waals surface area (Å²) in [5.74, 6) is -0.774. The lowest BCUT2D eigenvalue weighted by atomic mass is 9.88. The van der Waals surface area contributed by atoms with Gasteiger partial charge in [0.1, 0.15) is 5.75 Å². The molecule has 0 spiro atoms. The summed E-state index contributed by atoms with van der Waals surface area (Å²) < 4.78 is 42.8. The molecular weight excluding hydrogens is 435 g/mol. The average Bonchev–Trinajstić information content (AvgIpc) is 3.04. The van der Waals surface area contributed by atoms with Gasteiger partial charge < -0.3 is 19.6 Å². The van der Waals surface area contributed by atoms with Gasteiger partial charge in [-0.25, -0.2) is 4.98 Å². The molecule has 5 rings (SSSR count). The van der Waals surface area contributed by atoms with E-state index in [1.54, 1.807) is 29.2 Å². The second-order valence-electron chi connectivity index (χ2n) is 8.10. The summed E-state index contributed by atoms with van der Waals surface area (Å²) in [6.07, 6.45) is 1.06. The number of halogens is 4. The molecule has 6 nitrogen and oxygen atoms in total. The Morgan fingerprint density at radius 1 is 1.29 bits per heavy atom. The zero-order valence-corrected chi connectivity index (χ0v) is 16.7. The van der Waals surface area contributed by atoms with Gasteiger partial charge in [0.25, 0.3) is 5.91 Å². The highest BCUT2D eigenvalue weighted by Crippen LogP contribution is 2.60. The van der Waals surface area contributed by atoms with Crippen LogP contribution in [-0.2, 0) is 5.60 Å². The summed E-state index contributed by atoms with van der Waals surface area (Å²) in [6, 6.07) is 6.55. The SMILES string of the molecule is O=C(NC1C2CC(O)(c3cc(Cl)cn4cncc34)CC21)c1cccc(OC(F)(F)F)c1. The van der Waals surface area contributed by atoms with Crippen molar-refractivity contribution in [2.75, 3.05) is 0 Å². The molecule has 2 saturated carbocycles. The molecule has 0 bridgehead atoms. The monoisotopic (exact) mass is 451 g/mol. The fraction of sp³-hybridized carbons (Fsp3) is 0.333. The van der Waals surface area contributed by atoms with Crippen molar-refractivity contribution in [3.63, 3.8) is 0 Å². The highest BCUT2D eigenvalue weighted by Gasteiger charge is 2.62. The number of nitrogens with zero attached hydrogens (tertiary/aromatic N) is 2. The first-order chi connectivity index (χ1) is 14.6. The average molecular weight is 452 g/mol. The number of alkyl halides is 3. The number of pyridine rings is 1. The molecule has 1 amide bonds. The van der Waals surface area contributed by atoms with Gasteiger partial charge in [-0.05, 0) is 48.9 Å². The van der Waals surface area contributed by atoms with Crippen LogP contribution in [0, 0.1) is 11.8 Å². The maximum atomic E-state index is 12.5. The van der Waals surface area contributed by atoms with E-state index in [2.05, 4.69) is 15.0 Å². The molecule has 2 aliphatic carbocycles. The van der Waals surface area contributed by atoms with Crippen molar-refractivity contribution >= 4 is 23.0 Å². The van der Waals surface area contributed by atoms with Gasteiger partial charge in [0.2, 0.25) is 0 Å². The number of ether oxygens (including phenoxy) is 1. The van der Waals surface area contributed by atoms with E-state index in [0.29, 0.717) is 23.4 Å². The van der Waals surface area contributed by atoms with Crippen molar-refractivity contribution in [2.45, 2.75) is 30.8 Å². The molecular formula is C21H17ClF3N3O3. The molecule has 10 heteroatoms. The van der Waals surface area contributed by atoms with Crippen LogP contribution in [-0.4, -0.2) is 32.8 Å². The zero-order valence-electron chi connectivity index (χ0n) is 15.9. The third-order valence-corrected chi connectivity index (χ3v) is 6.30. The molecule has 2 aliphatic rings. The van der Waals surface area contributed by atoms with Crippen molar-refractivity contribution in [1.82, 2.24) is 14.7 Å². The van der Waals surface area contributed by atoms with Gasteiger partial charge in [-0.2, -0.15) is 0 Å². The number of benzene rings is 1. The standard InChI is InChI=1S/C21H17ClF3N3O3/c22-12-5-16(17-8-26-10-28(17)9-12)20(30)6-14-15(7-20)18(14)27-19(29)11-2-1-3-13(4-11)31-21(23,24)25/h1-5,8-10,14-15,18,30H,6-7H2,(H,27,29). The summed E-state index contributed by atoms with van der Waals surface area (Å²) in [7, 11) is 0. The van der Waals surface area contributed by atoms with Crippen LogP contribution in [0.1, 0.15) is 28.8 Å². The molecule has 2 N–H and O–H groups in total. The quantitative estimate of drug-likeness (QED) is 0.630. The maximum Gasteiger partial charge on any atom is 0.573 e. The molecule has 162 valence electrons. The van der Waals surface area contributed by atoms with Crippen molar-refractivity contribution in [3.05, 3.63) is 65.2 Å². The second-order valence-corrected chi connectivity index (χ2v) is 8.54. The number of aromatic nitrogens is 2. The summed E-state index contributed by atoms with van der Waals surface area (Å²) in [4.78, 5) is 16.6. The van der Waals surface area contributed by atoms with Crippen molar-refractivity contribution < 1.29 is 27.8 Å². The third-order valence-electron chi connectivity index (χ3n) is 6.09. The highest BCUT2D eigenvalue weighted by molar-refractivity contribution is 6.30. The lowest BCUT2D eigenvalue weighted by molar-refractivity contribution is -0.274. The summed E-state index contributed by atoms with van der Waals surface area (Å²) in [6.45, 7) is 0. The lowest BCUT2D eigenvalue weighted by Gasteiger charge is -2.27. The minimum absolute atomic E-state index is 0.0745. The number of nitrogens with one attached hydrogen (secondary N) is 1. The van der Waals surface area contributed by atoms with Crippen LogP contribution in [0.15, 0.2) is 49.1 Å². The largest absolute Gasteiger partial charge is 0.573 e. The lowest BCUT2D eigenvalue weighted by Crippen LogP contribution is -2.33. The molecule has 0 radical (unpaired) electrons. The van der Waals surface area contributed by atoms with E-state index in [1.165, 1.54) is 12.1 Å². The summed E-state index contributed by atoms with van der Waals surface area (Å²) >= 11 is 6.19. The van der Waals surface area contributed by atoms with E-state index in [0.717, 1.165) is 17.6 Å². The van der Waals surface area contributed by atoms with Crippen LogP contribution >= 0.6 is 11.6 Å². The van der Waals surface area contributed by atoms with Crippen molar-refractivity contribution in [3.8, 4) is 5.75 Å². The Bertz CT molecular complexity index is 1170. The van der Waals surface area contributed by atoms with Crippen LogP contribution in [0.5, 0.6) is 5.75 Å². The van der Waals surface area contributed by atoms with Gasteiger partial charge in [-0.1, -0.05) is 17.7 Å². The van der Waals surface area contributed by atoms with Crippen LogP contribution in [0.2, 0.25) is 5.02 Å². The molecule has 2 unspecified atom stereocenters. The smallest absolute Gasteiger partial charge is 0.406 e. The fourth-order valence-corrected chi connectivity index (χ4v) is 4.95. The minimum atomic E-state index is -4.83. The van der Waals surface area contributed by atoms with Crippen LogP contribution < -0.4 is 10.1 Å². The number of carbonyl (C=O) groups is 1. The first-order valence-corrected chi connectivity index (χ1v) is 10.0. The molecule has 2 fully saturated rings. The Morgan fingerprint density at radius 3 is 2.74 bits per heavy atom. The van der Waals surface area contributed by atoms with Crippen LogP contribution in [0.4, 0.5) is 13.2 Å². The Labute approximate surface area is 179 Å². The van der Waals surface area contributed by atoms with Gasteiger partial charge in [0.05, 0.1) is 28.7 Å². The van der Waals surface area contributed by atoms with Crippen molar-refractivity contribution in [2.24, 2.45) is 11.8 Å². The molecule has 0 saturated heterocycles. The van der Waals surface area contributed by atoms with E-state index in [-0.39, 0.29) is 23.4 Å². The van der Waals surface area contributed by atoms with Gasteiger partial charge in [-0.3, -0.25) is 4.79 Å². The Kier molecular flexibility index (Phi) is 4.46. The van der Waals surface area contributed by atoms with E-state index in [4.69, 9.17) is 11.6 Å². The van der Waals surface area contributed by atoms with Crippen LogP contribution in [0.3, 0.4) is 0 Å². The minimum Gasteiger partial charge on any atom is -0.406 e. The van der Waals surface area contributed by atoms with E-state index in [1.807, 2.05) is 0 Å². The van der Waals surface area contributed by atoms with Gasteiger partial charge in [-0.15, -0.1) is 13.2 Å². The van der Waals surface area contributed by atoms with Gasteiger partial charge in [0, 0.05) is 23.4 Å². The molecule has 31 heavy (non-hydrogen) atoms. The zero-order chi connectivity index (χ0) is 22.0. The van der Waals surface area contributed by atoms with Crippen LogP contribution in [0.25, 0.3) is 5.52 Å². The number of hydrogen-bond donors (Lipinski definition) is 2. The highest BCUT2D eigenvalue weighted by atomic mass is 35.5.